The second kappa shape index (κ2) is 7.23. The van der Waals surface area contributed by atoms with Crippen molar-refractivity contribution in [2.75, 3.05) is 5.73 Å². The molecule has 1 heterocycles. The molecule has 0 saturated heterocycles. The Kier molecular flexibility index (Phi) is 5.95. The maximum atomic E-state index is 12.3. The summed E-state index contributed by atoms with van der Waals surface area (Å²) in [7, 11) is -1.54. The number of hydrogen-bond acceptors (Lipinski definition) is 4. The maximum absolute atomic E-state index is 12.3. The van der Waals surface area contributed by atoms with Gasteiger partial charge in [-0.05, 0) is 31.9 Å². The maximum Gasteiger partial charge on any atom is 0.236 e. The van der Waals surface area contributed by atoms with Crippen LogP contribution in [0.25, 0.3) is 0 Å². The minimum atomic E-state index is -1.54. The Labute approximate surface area is 116 Å². The first-order valence-electron chi connectivity index (χ1n) is 6.42. The van der Waals surface area contributed by atoms with Crippen molar-refractivity contribution in [3.8, 4) is 0 Å². The number of rotatable bonds is 6. The van der Waals surface area contributed by atoms with Gasteiger partial charge in [0.2, 0.25) is 5.91 Å². The minimum Gasteiger partial charge on any atom is -0.396 e. The molecule has 0 aliphatic carbocycles. The average molecular weight is 283 g/mol. The second-order valence-electron chi connectivity index (χ2n) is 4.36. The molecule has 0 aliphatic rings. The highest BCUT2D eigenvalue weighted by atomic mass is 32.2. The third kappa shape index (κ3) is 4.02. The van der Waals surface area contributed by atoms with Gasteiger partial charge in [0.1, 0.15) is 5.25 Å². The highest BCUT2D eigenvalue weighted by Gasteiger charge is 2.25. The zero-order valence-electron chi connectivity index (χ0n) is 11.6. The van der Waals surface area contributed by atoms with Crippen molar-refractivity contribution >= 4 is 22.4 Å². The Morgan fingerprint density at radius 3 is 2.63 bits per heavy atom. The van der Waals surface area contributed by atoms with Crippen molar-refractivity contribution in [2.45, 2.75) is 49.9 Å². The molecule has 0 aromatic carbocycles. The lowest BCUT2D eigenvalue weighted by molar-refractivity contribution is -0.121. The molecule has 19 heavy (non-hydrogen) atoms. The number of nitrogens with two attached hydrogens (primary N) is 1. The molecule has 0 spiro atoms. The summed E-state index contributed by atoms with van der Waals surface area (Å²) in [6, 6.07) is 3.42. The van der Waals surface area contributed by atoms with Crippen molar-refractivity contribution in [2.24, 2.45) is 0 Å². The van der Waals surface area contributed by atoms with E-state index in [9.17, 15) is 9.00 Å². The van der Waals surface area contributed by atoms with Crippen LogP contribution >= 0.6 is 0 Å². The molecule has 1 rings (SSSR count). The molecule has 2 unspecified atom stereocenters. The smallest absolute Gasteiger partial charge is 0.236 e. The van der Waals surface area contributed by atoms with Gasteiger partial charge in [-0.2, -0.15) is 0 Å². The molecule has 5 nitrogen and oxygen atoms in total. The lowest BCUT2D eigenvalue weighted by Gasteiger charge is -2.18. The molecule has 1 aromatic rings. The van der Waals surface area contributed by atoms with Crippen LogP contribution in [0.3, 0.4) is 0 Å². The fourth-order valence-corrected chi connectivity index (χ4v) is 2.71. The second-order valence-corrected chi connectivity index (χ2v) is 6.05. The average Bonchev–Trinajstić information content (AvgIpc) is 2.43. The van der Waals surface area contributed by atoms with E-state index in [1.165, 1.54) is 6.20 Å². The van der Waals surface area contributed by atoms with Gasteiger partial charge in [0.05, 0.1) is 16.5 Å². The van der Waals surface area contributed by atoms with E-state index in [2.05, 4.69) is 10.3 Å². The molecule has 0 aliphatic heterocycles. The van der Waals surface area contributed by atoms with Crippen molar-refractivity contribution in [3.63, 3.8) is 0 Å². The van der Waals surface area contributed by atoms with Crippen LogP contribution in [0.2, 0.25) is 0 Å². The SMILES string of the molecule is CCC(CC)NC(=O)C(C)S(=O)c1ncccc1N. The summed E-state index contributed by atoms with van der Waals surface area (Å²) >= 11 is 0. The molecule has 3 N–H and O–H groups in total. The fourth-order valence-electron chi connectivity index (χ4n) is 1.65. The summed E-state index contributed by atoms with van der Waals surface area (Å²) in [4.78, 5) is 16.0. The molecule has 0 fully saturated rings. The van der Waals surface area contributed by atoms with Crippen LogP contribution in [0, 0.1) is 0 Å². The van der Waals surface area contributed by atoms with E-state index in [1.807, 2.05) is 13.8 Å². The predicted octanol–water partition coefficient (Wildman–Crippen LogP) is 1.46. The summed E-state index contributed by atoms with van der Waals surface area (Å²) in [5.74, 6) is -0.225. The molecule has 1 aromatic heterocycles. The molecule has 0 saturated carbocycles. The highest BCUT2D eigenvalue weighted by molar-refractivity contribution is 7.86. The number of aromatic nitrogens is 1. The number of carbonyl (C=O) groups excluding carboxylic acids is 1. The van der Waals surface area contributed by atoms with Crippen LogP contribution in [0.1, 0.15) is 33.6 Å². The van der Waals surface area contributed by atoms with E-state index in [4.69, 9.17) is 5.73 Å². The summed E-state index contributed by atoms with van der Waals surface area (Å²) in [5.41, 5.74) is 6.08. The number of hydrogen-bond donors (Lipinski definition) is 2. The fraction of sp³-hybridized carbons (Fsp3) is 0.538. The highest BCUT2D eigenvalue weighted by Crippen LogP contribution is 2.16. The van der Waals surface area contributed by atoms with Gasteiger partial charge in [-0.15, -0.1) is 0 Å². The van der Waals surface area contributed by atoms with Crippen LogP contribution in [-0.4, -0.2) is 26.4 Å². The van der Waals surface area contributed by atoms with E-state index in [0.29, 0.717) is 5.69 Å². The van der Waals surface area contributed by atoms with Crippen molar-refractivity contribution in [1.29, 1.82) is 0 Å². The Balaban J connectivity index is 2.77. The largest absolute Gasteiger partial charge is 0.396 e. The molecular formula is C13H21N3O2S. The Hall–Kier alpha value is -1.43. The number of nitrogens with one attached hydrogen (secondary N) is 1. The van der Waals surface area contributed by atoms with E-state index in [1.54, 1.807) is 19.1 Å². The van der Waals surface area contributed by atoms with Gasteiger partial charge in [0.15, 0.2) is 5.03 Å². The number of nitrogens with zero attached hydrogens (tertiary/aromatic N) is 1. The number of nitrogen functional groups attached to an aromatic ring is 1. The van der Waals surface area contributed by atoms with Gasteiger partial charge in [-0.25, -0.2) is 4.98 Å². The lowest BCUT2D eigenvalue weighted by Crippen LogP contribution is -2.41. The number of carbonyl (C=O) groups is 1. The number of anilines is 1. The number of amides is 1. The molecule has 106 valence electrons. The lowest BCUT2D eigenvalue weighted by atomic mass is 10.2. The summed E-state index contributed by atoms with van der Waals surface area (Å²) in [6.07, 6.45) is 3.23. The first kappa shape index (κ1) is 15.6. The molecule has 1 amide bonds. The Bertz CT molecular complexity index is 461. The predicted molar refractivity (Wildman–Crippen MR) is 77.0 cm³/mol. The van der Waals surface area contributed by atoms with Gasteiger partial charge < -0.3 is 11.1 Å². The Morgan fingerprint density at radius 1 is 1.47 bits per heavy atom. The molecule has 0 bridgehead atoms. The van der Waals surface area contributed by atoms with Crippen molar-refractivity contribution < 1.29 is 9.00 Å². The van der Waals surface area contributed by atoms with Crippen molar-refractivity contribution in [3.05, 3.63) is 18.3 Å². The monoisotopic (exact) mass is 283 g/mol. The quantitative estimate of drug-likeness (QED) is 0.828. The van der Waals surface area contributed by atoms with E-state index in [-0.39, 0.29) is 17.0 Å². The summed E-state index contributed by atoms with van der Waals surface area (Å²) in [5, 5.41) is 2.49. The summed E-state index contributed by atoms with van der Waals surface area (Å²) < 4.78 is 12.3. The van der Waals surface area contributed by atoms with Crippen LogP contribution < -0.4 is 11.1 Å². The summed E-state index contributed by atoms with van der Waals surface area (Å²) in [6.45, 7) is 5.64. The molecule has 2 atom stereocenters. The molecular weight excluding hydrogens is 262 g/mol. The van der Waals surface area contributed by atoms with Gasteiger partial charge in [0.25, 0.3) is 0 Å². The zero-order chi connectivity index (χ0) is 14.4. The molecule has 6 heteroatoms. The van der Waals surface area contributed by atoms with Gasteiger partial charge in [-0.1, -0.05) is 13.8 Å². The zero-order valence-corrected chi connectivity index (χ0v) is 12.4. The minimum absolute atomic E-state index is 0.119. The van der Waals surface area contributed by atoms with Crippen LogP contribution in [0.5, 0.6) is 0 Å². The van der Waals surface area contributed by atoms with Gasteiger partial charge >= 0.3 is 0 Å². The van der Waals surface area contributed by atoms with Gasteiger partial charge in [0, 0.05) is 12.2 Å². The van der Waals surface area contributed by atoms with Crippen LogP contribution in [-0.2, 0) is 15.6 Å². The standard InChI is InChI=1S/C13H21N3O2S/c1-4-10(5-2)16-12(17)9(3)19(18)13-11(14)7-6-8-15-13/h6-10H,4-5,14H2,1-3H3,(H,16,17). The van der Waals surface area contributed by atoms with Crippen molar-refractivity contribution in [1.82, 2.24) is 10.3 Å². The third-order valence-electron chi connectivity index (χ3n) is 3.01. The Morgan fingerprint density at radius 2 is 2.11 bits per heavy atom. The normalized spacial score (nSPS) is 14.1. The van der Waals surface area contributed by atoms with Gasteiger partial charge in [-0.3, -0.25) is 9.00 Å². The van der Waals surface area contributed by atoms with Crippen LogP contribution in [0.4, 0.5) is 5.69 Å². The van der Waals surface area contributed by atoms with E-state index >= 15 is 0 Å². The first-order chi connectivity index (χ1) is 9.01. The third-order valence-corrected chi connectivity index (χ3v) is 4.59. The van der Waals surface area contributed by atoms with E-state index < -0.39 is 16.0 Å². The first-order valence-corrected chi connectivity index (χ1v) is 7.63. The van der Waals surface area contributed by atoms with E-state index in [0.717, 1.165) is 12.8 Å². The van der Waals surface area contributed by atoms with Crippen LogP contribution in [0.15, 0.2) is 23.4 Å². The molecule has 0 radical (unpaired) electrons. The topological polar surface area (TPSA) is 85.1 Å². The number of pyridine rings is 1.